The zero-order valence-corrected chi connectivity index (χ0v) is 16.7. The van der Waals surface area contributed by atoms with Crippen LogP contribution in [0.25, 0.3) is 0 Å². The average molecular weight is 422 g/mol. The second-order valence-electron chi connectivity index (χ2n) is 7.85. The molecule has 2 aliphatic rings. The molecule has 1 saturated heterocycles. The molecule has 0 amide bonds. The molecular weight excluding hydrogens is 397 g/mol. The SMILES string of the molecule is O=c1c(C2CCCCC2)cc(N2CCOCC2)nn1Cc1ncccc1C(F)(F)F. The van der Waals surface area contributed by atoms with E-state index < -0.39 is 11.7 Å². The Bertz CT molecular complexity index is 933. The molecular formula is C21H25F3N4O2. The van der Waals surface area contributed by atoms with Crippen molar-refractivity contribution in [2.24, 2.45) is 0 Å². The standard InChI is InChI=1S/C21H25F3N4O2/c22-21(23,24)17-7-4-8-25-18(17)14-28-20(29)16(15-5-2-1-3-6-15)13-19(26-28)27-9-11-30-12-10-27/h4,7-8,13,15H,1-3,5-6,9-12,14H2. The predicted molar refractivity (Wildman–Crippen MR) is 106 cm³/mol. The minimum atomic E-state index is -4.54. The number of hydrogen-bond acceptors (Lipinski definition) is 5. The minimum absolute atomic E-state index is 0.117. The van der Waals surface area contributed by atoms with E-state index >= 15 is 0 Å². The Morgan fingerprint density at radius 2 is 1.87 bits per heavy atom. The lowest BCUT2D eigenvalue weighted by Crippen LogP contribution is -2.39. The number of pyridine rings is 1. The highest BCUT2D eigenvalue weighted by atomic mass is 19.4. The third-order valence-corrected chi connectivity index (χ3v) is 5.86. The molecule has 0 unspecified atom stereocenters. The van der Waals surface area contributed by atoms with Gasteiger partial charge in [0.1, 0.15) is 5.82 Å². The fourth-order valence-electron chi connectivity index (χ4n) is 4.27. The van der Waals surface area contributed by atoms with Crippen molar-refractivity contribution in [1.82, 2.24) is 14.8 Å². The number of alkyl halides is 3. The molecule has 162 valence electrons. The van der Waals surface area contributed by atoms with Gasteiger partial charge in [0.25, 0.3) is 5.56 Å². The van der Waals surface area contributed by atoms with Crippen LogP contribution in [0.4, 0.5) is 19.0 Å². The summed E-state index contributed by atoms with van der Waals surface area (Å²) in [6, 6.07) is 4.07. The molecule has 0 spiro atoms. The number of halogens is 3. The van der Waals surface area contributed by atoms with Crippen LogP contribution in [-0.2, 0) is 17.5 Å². The second-order valence-corrected chi connectivity index (χ2v) is 7.85. The van der Waals surface area contributed by atoms with E-state index in [4.69, 9.17) is 4.74 Å². The van der Waals surface area contributed by atoms with Crippen molar-refractivity contribution in [3.05, 3.63) is 51.6 Å². The highest BCUT2D eigenvalue weighted by Gasteiger charge is 2.34. The van der Waals surface area contributed by atoms with Crippen LogP contribution in [0.2, 0.25) is 0 Å². The molecule has 0 atom stereocenters. The summed E-state index contributed by atoms with van der Waals surface area (Å²) in [5.74, 6) is 0.731. The number of anilines is 1. The van der Waals surface area contributed by atoms with Crippen LogP contribution in [0.3, 0.4) is 0 Å². The molecule has 1 aliphatic heterocycles. The third kappa shape index (κ3) is 4.50. The first-order valence-corrected chi connectivity index (χ1v) is 10.4. The van der Waals surface area contributed by atoms with Gasteiger partial charge in [-0.3, -0.25) is 9.78 Å². The minimum Gasteiger partial charge on any atom is -0.378 e. The monoisotopic (exact) mass is 422 g/mol. The van der Waals surface area contributed by atoms with Crippen molar-refractivity contribution >= 4 is 5.82 Å². The fourth-order valence-corrected chi connectivity index (χ4v) is 4.27. The topological polar surface area (TPSA) is 60.3 Å². The summed E-state index contributed by atoms with van der Waals surface area (Å²) in [5.41, 5.74) is -0.712. The van der Waals surface area contributed by atoms with E-state index in [1.165, 1.54) is 12.3 Å². The zero-order chi connectivity index (χ0) is 21.1. The fraction of sp³-hybridized carbons (Fsp3) is 0.571. The Kier molecular flexibility index (Phi) is 6.08. The van der Waals surface area contributed by atoms with Gasteiger partial charge in [-0.05, 0) is 37.0 Å². The van der Waals surface area contributed by atoms with Gasteiger partial charge in [-0.1, -0.05) is 19.3 Å². The molecule has 6 nitrogen and oxygen atoms in total. The van der Waals surface area contributed by atoms with Crippen molar-refractivity contribution in [1.29, 1.82) is 0 Å². The Hall–Kier alpha value is -2.42. The first kappa shape index (κ1) is 20.8. The Balaban J connectivity index is 1.76. The van der Waals surface area contributed by atoms with Gasteiger partial charge >= 0.3 is 6.18 Å². The molecule has 30 heavy (non-hydrogen) atoms. The Labute approximate surface area is 172 Å². The van der Waals surface area contributed by atoms with Crippen LogP contribution in [0.1, 0.15) is 54.8 Å². The molecule has 1 aliphatic carbocycles. The van der Waals surface area contributed by atoms with E-state index in [-0.39, 0.29) is 23.7 Å². The molecule has 0 N–H and O–H groups in total. The quantitative estimate of drug-likeness (QED) is 0.754. The van der Waals surface area contributed by atoms with Crippen molar-refractivity contribution in [3.8, 4) is 0 Å². The number of nitrogens with zero attached hydrogens (tertiary/aromatic N) is 4. The average Bonchev–Trinajstić information content (AvgIpc) is 2.76. The van der Waals surface area contributed by atoms with Crippen LogP contribution in [0, 0.1) is 0 Å². The number of rotatable bonds is 4. The highest BCUT2D eigenvalue weighted by Crippen LogP contribution is 2.33. The normalized spacial score (nSPS) is 18.6. The van der Waals surface area contributed by atoms with E-state index in [0.717, 1.165) is 42.9 Å². The molecule has 0 bridgehead atoms. The molecule has 4 rings (SSSR count). The van der Waals surface area contributed by atoms with Crippen LogP contribution in [0.15, 0.2) is 29.2 Å². The van der Waals surface area contributed by atoms with Gasteiger partial charge in [0.15, 0.2) is 0 Å². The summed E-state index contributed by atoms with van der Waals surface area (Å²) >= 11 is 0. The first-order chi connectivity index (χ1) is 14.4. The van der Waals surface area contributed by atoms with E-state index in [9.17, 15) is 18.0 Å². The molecule has 9 heteroatoms. The molecule has 2 fully saturated rings. The molecule has 2 aromatic rings. The van der Waals surface area contributed by atoms with Crippen LogP contribution < -0.4 is 10.5 Å². The van der Waals surface area contributed by atoms with Crippen molar-refractivity contribution in [2.75, 3.05) is 31.2 Å². The predicted octanol–water partition coefficient (Wildman–Crippen LogP) is 3.59. The van der Waals surface area contributed by atoms with E-state index in [1.807, 2.05) is 11.0 Å². The van der Waals surface area contributed by atoms with Gasteiger partial charge in [-0.25, -0.2) is 4.68 Å². The Morgan fingerprint density at radius 1 is 1.13 bits per heavy atom. The maximum absolute atomic E-state index is 13.4. The maximum Gasteiger partial charge on any atom is 0.418 e. The largest absolute Gasteiger partial charge is 0.418 e. The van der Waals surface area contributed by atoms with Gasteiger partial charge in [-0.2, -0.15) is 18.3 Å². The van der Waals surface area contributed by atoms with Crippen molar-refractivity contribution < 1.29 is 17.9 Å². The van der Waals surface area contributed by atoms with Gasteiger partial charge in [0.2, 0.25) is 0 Å². The summed E-state index contributed by atoms with van der Waals surface area (Å²) in [6.45, 7) is 2.06. The highest BCUT2D eigenvalue weighted by molar-refractivity contribution is 5.41. The third-order valence-electron chi connectivity index (χ3n) is 5.86. The van der Waals surface area contributed by atoms with Crippen molar-refractivity contribution in [3.63, 3.8) is 0 Å². The Morgan fingerprint density at radius 3 is 2.57 bits per heavy atom. The molecule has 1 saturated carbocycles. The number of hydrogen-bond donors (Lipinski definition) is 0. The number of morpholine rings is 1. The summed E-state index contributed by atoms with van der Waals surface area (Å²) in [5, 5.41) is 4.44. The summed E-state index contributed by atoms with van der Waals surface area (Å²) in [4.78, 5) is 19.2. The van der Waals surface area contributed by atoms with E-state index in [0.29, 0.717) is 37.7 Å². The smallest absolute Gasteiger partial charge is 0.378 e. The zero-order valence-electron chi connectivity index (χ0n) is 16.7. The number of ether oxygens (including phenoxy) is 1. The van der Waals surface area contributed by atoms with Gasteiger partial charge in [-0.15, -0.1) is 0 Å². The van der Waals surface area contributed by atoms with Gasteiger partial charge < -0.3 is 9.64 Å². The molecule has 0 radical (unpaired) electrons. The van der Waals surface area contributed by atoms with Gasteiger partial charge in [0.05, 0.1) is 31.0 Å². The van der Waals surface area contributed by atoms with Gasteiger partial charge in [0, 0.05) is 24.8 Å². The summed E-state index contributed by atoms with van der Waals surface area (Å²) in [7, 11) is 0. The second kappa shape index (κ2) is 8.75. The lowest BCUT2D eigenvalue weighted by atomic mass is 9.85. The maximum atomic E-state index is 13.4. The molecule has 0 aromatic carbocycles. The first-order valence-electron chi connectivity index (χ1n) is 10.4. The van der Waals surface area contributed by atoms with Crippen LogP contribution in [-0.4, -0.2) is 41.1 Å². The lowest BCUT2D eigenvalue weighted by molar-refractivity contribution is -0.138. The van der Waals surface area contributed by atoms with E-state index in [2.05, 4.69) is 10.1 Å². The van der Waals surface area contributed by atoms with Crippen LogP contribution in [0.5, 0.6) is 0 Å². The number of aromatic nitrogens is 3. The molecule has 2 aromatic heterocycles. The summed E-state index contributed by atoms with van der Waals surface area (Å²) in [6.07, 6.45) is 1.85. The van der Waals surface area contributed by atoms with E-state index in [1.54, 1.807) is 0 Å². The van der Waals surface area contributed by atoms with Crippen molar-refractivity contribution in [2.45, 2.75) is 50.7 Å². The molecule has 3 heterocycles. The van der Waals surface area contributed by atoms with Crippen LogP contribution >= 0.6 is 0 Å². The lowest BCUT2D eigenvalue weighted by Gasteiger charge is -2.29. The summed E-state index contributed by atoms with van der Waals surface area (Å²) < 4.78 is 46.8.